The molecule has 2 saturated heterocycles. The Morgan fingerprint density at radius 1 is 1.17 bits per heavy atom. The minimum absolute atomic E-state index is 0.0104. The van der Waals surface area contributed by atoms with Gasteiger partial charge in [0.05, 0.1) is 0 Å². The van der Waals surface area contributed by atoms with Crippen molar-refractivity contribution in [3.63, 3.8) is 0 Å². The van der Waals surface area contributed by atoms with Gasteiger partial charge in [0, 0.05) is 50.5 Å². The molecule has 5 heteroatoms. The first-order chi connectivity index (χ1) is 11.6. The number of hydrogen-bond acceptors (Lipinski definition) is 3. The Bertz CT molecular complexity index is 533. The Kier molecular flexibility index (Phi) is 5.61. The van der Waals surface area contributed by atoms with Crippen molar-refractivity contribution in [2.45, 2.75) is 38.8 Å². The zero-order chi connectivity index (χ0) is 16.9. The average Bonchev–Trinajstić information content (AvgIpc) is 3.23. The smallest absolute Gasteiger partial charge is 0.315 e. The molecule has 0 bridgehead atoms. The quantitative estimate of drug-likeness (QED) is 0.871. The molecule has 3 rings (SSSR count). The third kappa shape index (κ3) is 4.41. The number of carbonyl (C=O) groups is 1. The second-order valence-corrected chi connectivity index (χ2v) is 7.36. The van der Waals surface area contributed by atoms with Gasteiger partial charge < -0.3 is 15.5 Å². The van der Waals surface area contributed by atoms with Crippen molar-refractivity contribution >= 4 is 11.7 Å². The van der Waals surface area contributed by atoms with Crippen molar-refractivity contribution < 1.29 is 4.79 Å². The summed E-state index contributed by atoms with van der Waals surface area (Å²) < 4.78 is 0. The summed E-state index contributed by atoms with van der Waals surface area (Å²) in [7, 11) is 0. The van der Waals surface area contributed by atoms with Gasteiger partial charge in [-0.3, -0.25) is 4.90 Å². The molecule has 0 spiro atoms. The molecule has 2 fully saturated rings. The van der Waals surface area contributed by atoms with Crippen LogP contribution >= 0.6 is 0 Å². The largest absolute Gasteiger partial charge is 0.371 e. The molecule has 0 saturated carbocycles. The molecule has 1 aromatic carbocycles. The van der Waals surface area contributed by atoms with E-state index in [1.54, 1.807) is 0 Å². The second kappa shape index (κ2) is 7.88. The van der Waals surface area contributed by atoms with E-state index in [0.29, 0.717) is 12.0 Å². The van der Waals surface area contributed by atoms with E-state index < -0.39 is 0 Å². The molecule has 2 amide bonds. The Labute approximate surface area is 145 Å². The predicted octanol–water partition coefficient (Wildman–Crippen LogP) is 2.29. The van der Waals surface area contributed by atoms with E-state index >= 15 is 0 Å². The lowest BCUT2D eigenvalue weighted by atomic mass is 10.1. The number of likely N-dealkylation sites (tertiary alicyclic amines) is 1. The van der Waals surface area contributed by atoms with E-state index in [1.807, 2.05) is 6.07 Å². The van der Waals surface area contributed by atoms with E-state index in [9.17, 15) is 4.79 Å². The van der Waals surface area contributed by atoms with Gasteiger partial charge in [-0.1, -0.05) is 18.2 Å². The lowest BCUT2D eigenvalue weighted by Gasteiger charge is -2.21. The van der Waals surface area contributed by atoms with Gasteiger partial charge >= 0.3 is 6.03 Å². The van der Waals surface area contributed by atoms with Crippen molar-refractivity contribution in [3.8, 4) is 0 Å². The predicted molar refractivity (Wildman–Crippen MR) is 98.4 cm³/mol. The standard InChI is InChI=1S/C19H30N4O/c1-15(2)22-11-9-17(14-22)21-19(24)20-12-16-8-10-23(13-16)18-6-4-3-5-7-18/h3-7,15-17H,8-14H2,1-2H3,(H2,20,21,24). The molecule has 2 heterocycles. The van der Waals surface area contributed by atoms with Crippen LogP contribution in [0.25, 0.3) is 0 Å². The van der Waals surface area contributed by atoms with Crippen LogP contribution in [0.1, 0.15) is 26.7 Å². The molecule has 1 aromatic rings. The van der Waals surface area contributed by atoms with Gasteiger partial charge in [0.2, 0.25) is 0 Å². The number of anilines is 1. The highest BCUT2D eigenvalue weighted by atomic mass is 16.2. The monoisotopic (exact) mass is 330 g/mol. The van der Waals surface area contributed by atoms with Crippen LogP contribution in [0.2, 0.25) is 0 Å². The van der Waals surface area contributed by atoms with Gasteiger partial charge in [0.15, 0.2) is 0 Å². The second-order valence-electron chi connectivity index (χ2n) is 7.36. The molecular formula is C19H30N4O. The topological polar surface area (TPSA) is 47.6 Å². The first-order valence-corrected chi connectivity index (χ1v) is 9.20. The number of nitrogens with zero attached hydrogens (tertiary/aromatic N) is 2. The van der Waals surface area contributed by atoms with E-state index in [2.05, 4.69) is 58.5 Å². The summed E-state index contributed by atoms with van der Waals surface area (Å²) in [5.74, 6) is 0.534. The van der Waals surface area contributed by atoms with E-state index in [-0.39, 0.29) is 12.1 Å². The van der Waals surface area contributed by atoms with Crippen LogP contribution in [-0.4, -0.2) is 55.7 Å². The van der Waals surface area contributed by atoms with Crippen LogP contribution in [0.5, 0.6) is 0 Å². The normalized spacial score (nSPS) is 24.5. The molecule has 2 unspecified atom stereocenters. The summed E-state index contributed by atoms with van der Waals surface area (Å²) in [6.45, 7) is 9.32. The summed E-state index contributed by atoms with van der Waals surface area (Å²) in [6.07, 6.45) is 2.19. The first-order valence-electron chi connectivity index (χ1n) is 9.20. The number of nitrogens with one attached hydrogen (secondary N) is 2. The van der Waals surface area contributed by atoms with Crippen molar-refractivity contribution in [1.82, 2.24) is 15.5 Å². The molecule has 0 aliphatic carbocycles. The van der Waals surface area contributed by atoms with Gasteiger partial charge in [0.1, 0.15) is 0 Å². The van der Waals surface area contributed by atoms with Gasteiger partial charge in [-0.05, 0) is 44.7 Å². The van der Waals surface area contributed by atoms with Crippen LogP contribution in [0, 0.1) is 5.92 Å². The molecule has 2 atom stereocenters. The summed E-state index contributed by atoms with van der Waals surface area (Å²) in [4.78, 5) is 17.0. The lowest BCUT2D eigenvalue weighted by molar-refractivity contribution is 0.232. The Morgan fingerprint density at radius 2 is 1.96 bits per heavy atom. The summed E-state index contributed by atoms with van der Waals surface area (Å²) in [6, 6.07) is 11.4. The summed E-state index contributed by atoms with van der Waals surface area (Å²) in [5.41, 5.74) is 1.28. The van der Waals surface area contributed by atoms with E-state index in [4.69, 9.17) is 0 Å². The third-order valence-corrected chi connectivity index (χ3v) is 5.24. The molecule has 0 aromatic heterocycles. The highest BCUT2D eigenvalue weighted by molar-refractivity contribution is 5.74. The molecule has 2 aliphatic heterocycles. The van der Waals surface area contributed by atoms with Gasteiger partial charge in [-0.2, -0.15) is 0 Å². The molecular weight excluding hydrogens is 300 g/mol. The van der Waals surface area contributed by atoms with Crippen LogP contribution in [0.3, 0.4) is 0 Å². The zero-order valence-corrected chi connectivity index (χ0v) is 14.9. The van der Waals surface area contributed by atoms with Crippen LogP contribution in [0.15, 0.2) is 30.3 Å². The number of para-hydroxylation sites is 1. The third-order valence-electron chi connectivity index (χ3n) is 5.24. The summed E-state index contributed by atoms with van der Waals surface area (Å²) >= 11 is 0. The minimum Gasteiger partial charge on any atom is -0.371 e. The van der Waals surface area contributed by atoms with Crippen molar-refractivity contribution in [1.29, 1.82) is 0 Å². The number of hydrogen-bond donors (Lipinski definition) is 2. The van der Waals surface area contributed by atoms with Gasteiger partial charge in [-0.25, -0.2) is 4.79 Å². The molecule has 5 nitrogen and oxygen atoms in total. The lowest BCUT2D eigenvalue weighted by Crippen LogP contribution is -2.45. The highest BCUT2D eigenvalue weighted by Gasteiger charge is 2.26. The van der Waals surface area contributed by atoms with Gasteiger partial charge in [0.25, 0.3) is 0 Å². The maximum atomic E-state index is 12.1. The van der Waals surface area contributed by atoms with Gasteiger partial charge in [-0.15, -0.1) is 0 Å². The van der Waals surface area contributed by atoms with Crippen LogP contribution in [-0.2, 0) is 0 Å². The summed E-state index contributed by atoms with van der Waals surface area (Å²) in [5, 5.41) is 6.20. The first kappa shape index (κ1) is 17.1. The number of benzene rings is 1. The van der Waals surface area contributed by atoms with Crippen LogP contribution < -0.4 is 15.5 Å². The minimum atomic E-state index is -0.0104. The zero-order valence-electron chi connectivity index (χ0n) is 14.9. The highest BCUT2D eigenvalue weighted by Crippen LogP contribution is 2.22. The molecule has 2 aliphatic rings. The maximum absolute atomic E-state index is 12.1. The van der Waals surface area contributed by atoms with Crippen molar-refractivity contribution in [3.05, 3.63) is 30.3 Å². The Morgan fingerprint density at radius 3 is 2.67 bits per heavy atom. The number of urea groups is 1. The Hall–Kier alpha value is -1.75. The Balaban J connectivity index is 1.37. The van der Waals surface area contributed by atoms with E-state index in [1.165, 1.54) is 5.69 Å². The molecule has 132 valence electrons. The van der Waals surface area contributed by atoms with Crippen LogP contribution in [0.4, 0.5) is 10.5 Å². The number of carbonyl (C=O) groups excluding carboxylic acids is 1. The van der Waals surface area contributed by atoms with Crippen molar-refractivity contribution in [2.24, 2.45) is 5.92 Å². The molecule has 24 heavy (non-hydrogen) atoms. The molecule has 0 radical (unpaired) electrons. The SMILES string of the molecule is CC(C)N1CCC(NC(=O)NCC2CCN(c3ccccc3)C2)C1. The number of amides is 2. The maximum Gasteiger partial charge on any atom is 0.315 e. The fourth-order valence-corrected chi connectivity index (χ4v) is 3.72. The molecule has 2 N–H and O–H groups in total. The average molecular weight is 330 g/mol. The fraction of sp³-hybridized carbons (Fsp3) is 0.632. The van der Waals surface area contributed by atoms with E-state index in [0.717, 1.165) is 45.6 Å². The van der Waals surface area contributed by atoms with Crippen molar-refractivity contribution in [2.75, 3.05) is 37.6 Å². The number of rotatable bonds is 5. The fourth-order valence-electron chi connectivity index (χ4n) is 3.72.